The van der Waals surface area contributed by atoms with Crippen LogP contribution < -0.4 is 9.80 Å². The molecular weight excluding hydrogens is 398 g/mol. The summed E-state index contributed by atoms with van der Waals surface area (Å²) in [4.78, 5) is 44.0. The van der Waals surface area contributed by atoms with Gasteiger partial charge in [-0.15, -0.1) is 0 Å². The summed E-state index contributed by atoms with van der Waals surface area (Å²) in [6, 6.07) is 9.70. The SMILES string of the molecule is CCOC(=O)N1CCN(C(=O)CCC(=O)C(C#N)=C2N(C)c3ccccc3N2C)CC1. The van der Waals surface area contributed by atoms with E-state index in [2.05, 4.69) is 0 Å². The van der Waals surface area contributed by atoms with Crippen LogP contribution in [0.15, 0.2) is 35.7 Å². The molecule has 0 saturated carbocycles. The van der Waals surface area contributed by atoms with E-state index in [4.69, 9.17) is 4.74 Å². The molecule has 1 fully saturated rings. The number of anilines is 2. The van der Waals surface area contributed by atoms with Gasteiger partial charge in [0.2, 0.25) is 5.91 Å². The van der Waals surface area contributed by atoms with Gasteiger partial charge in [-0.1, -0.05) is 12.1 Å². The first-order valence-electron chi connectivity index (χ1n) is 10.3. The average molecular weight is 425 g/mol. The van der Waals surface area contributed by atoms with Gasteiger partial charge in [0, 0.05) is 53.1 Å². The number of nitrogens with zero attached hydrogens (tertiary/aromatic N) is 5. The molecule has 0 spiro atoms. The Morgan fingerprint density at radius 1 is 0.968 bits per heavy atom. The summed E-state index contributed by atoms with van der Waals surface area (Å²) in [7, 11) is 3.63. The van der Waals surface area contributed by atoms with Crippen molar-refractivity contribution in [3.63, 3.8) is 0 Å². The lowest BCUT2D eigenvalue weighted by molar-refractivity contribution is -0.134. The number of amides is 2. The number of fused-ring (bicyclic) bond motifs is 1. The second kappa shape index (κ2) is 9.51. The molecule has 164 valence electrons. The number of benzene rings is 1. The van der Waals surface area contributed by atoms with E-state index in [-0.39, 0.29) is 36.2 Å². The van der Waals surface area contributed by atoms with Gasteiger partial charge >= 0.3 is 6.09 Å². The van der Waals surface area contributed by atoms with Crippen molar-refractivity contribution in [3.05, 3.63) is 35.7 Å². The molecule has 2 aliphatic rings. The number of Topliss-reactive ketones (excluding diaryl/α,β-unsaturated/α-hetero) is 1. The van der Waals surface area contributed by atoms with Crippen LogP contribution in [0.5, 0.6) is 0 Å². The zero-order valence-corrected chi connectivity index (χ0v) is 18.1. The quantitative estimate of drug-likeness (QED) is 0.525. The van der Waals surface area contributed by atoms with E-state index in [0.29, 0.717) is 38.6 Å². The summed E-state index contributed by atoms with van der Waals surface area (Å²) in [5.41, 5.74) is 1.87. The molecule has 0 atom stereocenters. The number of ketones is 1. The number of hydrogen-bond donors (Lipinski definition) is 0. The number of carbonyl (C=O) groups excluding carboxylic acids is 3. The summed E-state index contributed by atoms with van der Waals surface area (Å²) in [5.74, 6) is 0.00211. The maximum atomic E-state index is 12.8. The Hall–Kier alpha value is -3.54. The monoisotopic (exact) mass is 425 g/mol. The zero-order chi connectivity index (χ0) is 22.5. The molecule has 2 amide bonds. The highest BCUT2D eigenvalue weighted by Gasteiger charge is 2.32. The lowest BCUT2D eigenvalue weighted by atomic mass is 10.1. The van der Waals surface area contributed by atoms with Crippen molar-refractivity contribution in [2.75, 3.05) is 56.7 Å². The standard InChI is InChI=1S/C22H27N5O4/c1-4-31-22(30)27-13-11-26(12-14-27)20(29)10-9-19(28)16(15-23)21-24(2)17-7-5-6-8-18(17)25(21)3/h5-8H,4,9-14H2,1-3H3. The molecule has 9 heteroatoms. The van der Waals surface area contributed by atoms with E-state index in [1.165, 1.54) is 0 Å². The topological polar surface area (TPSA) is 97.2 Å². The Bertz CT molecular complexity index is 912. The first kappa shape index (κ1) is 22.2. The third-order valence-electron chi connectivity index (χ3n) is 5.58. The minimum Gasteiger partial charge on any atom is -0.450 e. The summed E-state index contributed by atoms with van der Waals surface area (Å²) in [6.45, 7) is 3.67. The molecular formula is C22H27N5O4. The van der Waals surface area contributed by atoms with Crippen molar-refractivity contribution in [1.29, 1.82) is 5.26 Å². The number of rotatable bonds is 5. The van der Waals surface area contributed by atoms with Gasteiger partial charge in [-0.05, 0) is 19.1 Å². The number of piperazine rings is 1. The van der Waals surface area contributed by atoms with Gasteiger partial charge in [-0.3, -0.25) is 9.59 Å². The van der Waals surface area contributed by atoms with E-state index >= 15 is 0 Å². The van der Waals surface area contributed by atoms with Crippen molar-refractivity contribution in [1.82, 2.24) is 9.80 Å². The van der Waals surface area contributed by atoms with Gasteiger partial charge in [0.25, 0.3) is 0 Å². The van der Waals surface area contributed by atoms with E-state index < -0.39 is 0 Å². The number of allylic oxidation sites excluding steroid dienone is 1. The predicted molar refractivity (Wildman–Crippen MR) is 115 cm³/mol. The van der Waals surface area contributed by atoms with Crippen LogP contribution in [0.2, 0.25) is 0 Å². The number of nitriles is 1. The minimum absolute atomic E-state index is 0.0249. The molecule has 2 aliphatic heterocycles. The molecule has 0 unspecified atom stereocenters. The summed E-state index contributed by atoms with van der Waals surface area (Å²) >= 11 is 0. The molecule has 0 N–H and O–H groups in total. The highest BCUT2D eigenvalue weighted by atomic mass is 16.6. The number of hydrogen-bond acceptors (Lipinski definition) is 7. The van der Waals surface area contributed by atoms with Crippen molar-refractivity contribution >= 4 is 29.2 Å². The van der Waals surface area contributed by atoms with E-state index in [0.717, 1.165) is 11.4 Å². The minimum atomic E-state index is -0.374. The molecule has 1 saturated heterocycles. The third-order valence-corrected chi connectivity index (χ3v) is 5.58. The van der Waals surface area contributed by atoms with Gasteiger partial charge in [0.1, 0.15) is 17.5 Å². The highest BCUT2D eigenvalue weighted by molar-refractivity contribution is 6.03. The van der Waals surface area contributed by atoms with Crippen LogP contribution in [-0.4, -0.2) is 74.5 Å². The van der Waals surface area contributed by atoms with Crippen LogP contribution >= 0.6 is 0 Å². The molecule has 0 bridgehead atoms. The lowest BCUT2D eigenvalue weighted by Crippen LogP contribution is -2.50. The second-order valence-corrected chi connectivity index (χ2v) is 7.41. The molecule has 3 rings (SSSR count). The molecule has 9 nitrogen and oxygen atoms in total. The van der Waals surface area contributed by atoms with Crippen molar-refractivity contribution in [3.8, 4) is 6.07 Å². The molecule has 1 aromatic rings. The van der Waals surface area contributed by atoms with E-state index in [1.807, 2.05) is 54.2 Å². The number of ether oxygens (including phenoxy) is 1. The Kier molecular flexibility index (Phi) is 6.80. The van der Waals surface area contributed by atoms with Crippen LogP contribution in [-0.2, 0) is 14.3 Å². The van der Waals surface area contributed by atoms with Crippen LogP contribution in [0.3, 0.4) is 0 Å². The second-order valence-electron chi connectivity index (χ2n) is 7.41. The molecule has 1 aromatic carbocycles. The fourth-order valence-corrected chi connectivity index (χ4v) is 3.91. The van der Waals surface area contributed by atoms with Gasteiger partial charge in [0.15, 0.2) is 5.78 Å². The normalized spacial score (nSPS) is 15.5. The first-order valence-corrected chi connectivity index (χ1v) is 10.3. The Morgan fingerprint density at radius 3 is 2.03 bits per heavy atom. The Morgan fingerprint density at radius 2 is 1.52 bits per heavy atom. The molecule has 0 radical (unpaired) electrons. The Balaban J connectivity index is 1.60. The maximum Gasteiger partial charge on any atom is 0.409 e. The van der Waals surface area contributed by atoms with Crippen LogP contribution in [0.25, 0.3) is 0 Å². The lowest BCUT2D eigenvalue weighted by Gasteiger charge is -2.34. The van der Waals surface area contributed by atoms with Crippen molar-refractivity contribution in [2.24, 2.45) is 0 Å². The van der Waals surface area contributed by atoms with Crippen molar-refractivity contribution < 1.29 is 19.1 Å². The Labute approximate surface area is 182 Å². The fourth-order valence-electron chi connectivity index (χ4n) is 3.91. The highest BCUT2D eigenvalue weighted by Crippen LogP contribution is 2.40. The predicted octanol–water partition coefficient (Wildman–Crippen LogP) is 1.96. The van der Waals surface area contributed by atoms with Crippen LogP contribution in [0.1, 0.15) is 19.8 Å². The fraction of sp³-hybridized carbons (Fsp3) is 0.455. The third kappa shape index (κ3) is 4.48. The molecule has 2 heterocycles. The molecule has 0 aromatic heterocycles. The van der Waals surface area contributed by atoms with Gasteiger partial charge in [-0.25, -0.2) is 4.79 Å². The van der Waals surface area contributed by atoms with E-state index in [1.54, 1.807) is 16.7 Å². The van der Waals surface area contributed by atoms with E-state index in [9.17, 15) is 19.6 Å². The number of carbonyl (C=O) groups is 3. The largest absolute Gasteiger partial charge is 0.450 e. The van der Waals surface area contributed by atoms with Gasteiger partial charge < -0.3 is 24.3 Å². The summed E-state index contributed by atoms with van der Waals surface area (Å²) in [6.07, 6.45) is -0.390. The first-order chi connectivity index (χ1) is 14.9. The van der Waals surface area contributed by atoms with Gasteiger partial charge in [-0.2, -0.15) is 5.26 Å². The van der Waals surface area contributed by atoms with Crippen molar-refractivity contribution in [2.45, 2.75) is 19.8 Å². The number of para-hydroxylation sites is 2. The van der Waals surface area contributed by atoms with Crippen LogP contribution in [0, 0.1) is 11.3 Å². The molecule has 0 aliphatic carbocycles. The zero-order valence-electron chi connectivity index (χ0n) is 18.1. The smallest absolute Gasteiger partial charge is 0.409 e. The average Bonchev–Trinajstić information content (AvgIpc) is 3.04. The van der Waals surface area contributed by atoms with Gasteiger partial charge in [0.05, 0.1) is 18.0 Å². The summed E-state index contributed by atoms with van der Waals surface area (Å²) < 4.78 is 4.98. The maximum absolute atomic E-state index is 12.8. The molecule has 31 heavy (non-hydrogen) atoms. The summed E-state index contributed by atoms with van der Waals surface area (Å²) in [5, 5.41) is 9.68. The van der Waals surface area contributed by atoms with Crippen LogP contribution in [0.4, 0.5) is 16.2 Å².